The van der Waals surface area contributed by atoms with E-state index in [0.29, 0.717) is 24.9 Å². The highest BCUT2D eigenvalue weighted by molar-refractivity contribution is 5.90. The molecule has 150 valence electrons. The highest BCUT2D eigenvalue weighted by Gasteiger charge is 2.39. The van der Waals surface area contributed by atoms with Gasteiger partial charge in [0.05, 0.1) is 5.56 Å². The summed E-state index contributed by atoms with van der Waals surface area (Å²) in [5.74, 6) is -0.483. The largest absolute Gasteiger partial charge is 0.507 e. The van der Waals surface area contributed by atoms with Crippen molar-refractivity contribution in [1.82, 2.24) is 0 Å². The first-order valence-corrected chi connectivity index (χ1v) is 9.35. The minimum absolute atomic E-state index is 0.0763. The Morgan fingerprint density at radius 2 is 1.89 bits per heavy atom. The molecule has 7 nitrogen and oxygen atoms in total. The van der Waals surface area contributed by atoms with E-state index in [4.69, 9.17) is 4.74 Å². The summed E-state index contributed by atoms with van der Waals surface area (Å²) in [5.41, 5.74) is -0.453. The van der Waals surface area contributed by atoms with Gasteiger partial charge in [0.25, 0.3) is 0 Å². The van der Waals surface area contributed by atoms with E-state index in [1.54, 1.807) is 43.9 Å². The van der Waals surface area contributed by atoms with Gasteiger partial charge in [-0.05, 0) is 45.7 Å². The first-order valence-electron chi connectivity index (χ1n) is 9.35. The maximum absolute atomic E-state index is 12.6. The van der Waals surface area contributed by atoms with E-state index in [0.717, 1.165) is 5.69 Å². The van der Waals surface area contributed by atoms with Gasteiger partial charge < -0.3 is 19.6 Å². The molecule has 1 saturated heterocycles. The van der Waals surface area contributed by atoms with Crippen molar-refractivity contribution in [3.63, 3.8) is 0 Å². The molecule has 0 amide bonds. The maximum Gasteiger partial charge on any atom is 0.329 e. The van der Waals surface area contributed by atoms with Crippen molar-refractivity contribution < 1.29 is 14.6 Å². The number of phenolic OH excluding ortho intramolecular Hbond substituents is 1. The summed E-state index contributed by atoms with van der Waals surface area (Å²) >= 11 is 0. The van der Waals surface area contributed by atoms with Crippen LogP contribution in [0.15, 0.2) is 27.8 Å². The third kappa shape index (κ3) is 3.48. The molecule has 28 heavy (non-hydrogen) atoms. The second-order valence-corrected chi connectivity index (χ2v) is 8.36. The number of aromatic hydroxyl groups is 1. The summed E-state index contributed by atoms with van der Waals surface area (Å²) < 4.78 is 5.49. The lowest BCUT2D eigenvalue weighted by molar-refractivity contribution is -0.156. The predicted octanol–water partition coefficient (Wildman–Crippen LogP) is 2.03. The molecule has 1 heterocycles. The average Bonchev–Trinajstić information content (AvgIpc) is 3.06. The molecule has 7 heteroatoms. The Hall–Kier alpha value is -2.83. The Bertz CT molecular complexity index is 980. The summed E-state index contributed by atoms with van der Waals surface area (Å²) in [4.78, 5) is 40.8. The summed E-state index contributed by atoms with van der Waals surface area (Å²) in [6.45, 7) is 5.85. The summed E-state index contributed by atoms with van der Waals surface area (Å²) in [5, 5.41) is 10.4. The SMILES string of the molecule is CN(C)c1ccc(-c2c(N3CCCC3C(=O)OC(C)(C)C)c(=O)c2=O)c(O)c1. The lowest BCUT2D eigenvalue weighted by Gasteiger charge is -2.30. The number of phenols is 1. The topological polar surface area (TPSA) is 87.2 Å². The molecule has 1 atom stereocenters. The first-order chi connectivity index (χ1) is 13.0. The smallest absolute Gasteiger partial charge is 0.329 e. The van der Waals surface area contributed by atoms with Crippen molar-refractivity contribution in [2.24, 2.45) is 0 Å². The minimum Gasteiger partial charge on any atom is -0.507 e. The van der Waals surface area contributed by atoms with Crippen molar-refractivity contribution in [3.8, 4) is 16.9 Å². The third-order valence-corrected chi connectivity index (χ3v) is 4.87. The Balaban J connectivity index is 1.99. The fraction of sp³-hybridized carbons (Fsp3) is 0.476. The van der Waals surface area contributed by atoms with Gasteiger partial charge >= 0.3 is 5.97 Å². The fourth-order valence-corrected chi connectivity index (χ4v) is 3.56. The molecule has 0 aromatic heterocycles. The van der Waals surface area contributed by atoms with Crippen LogP contribution in [0.25, 0.3) is 11.1 Å². The molecular weight excluding hydrogens is 360 g/mol. The first kappa shape index (κ1) is 19.9. The number of carbonyl (C=O) groups excluding carboxylic acids is 1. The monoisotopic (exact) mass is 386 g/mol. The molecule has 0 bridgehead atoms. The van der Waals surface area contributed by atoms with E-state index >= 15 is 0 Å². The van der Waals surface area contributed by atoms with Gasteiger partial charge in [0.15, 0.2) is 0 Å². The lowest BCUT2D eigenvalue weighted by atomic mass is 9.96. The summed E-state index contributed by atoms with van der Waals surface area (Å²) in [6, 6.07) is 4.34. The van der Waals surface area contributed by atoms with Crippen molar-refractivity contribution in [2.75, 3.05) is 30.4 Å². The van der Waals surface area contributed by atoms with Crippen LogP contribution >= 0.6 is 0 Å². The van der Waals surface area contributed by atoms with Gasteiger partial charge in [0, 0.05) is 38.0 Å². The average molecular weight is 386 g/mol. The van der Waals surface area contributed by atoms with E-state index in [1.807, 2.05) is 19.0 Å². The number of anilines is 2. The number of hydrogen-bond donors (Lipinski definition) is 1. The Morgan fingerprint density at radius 3 is 2.46 bits per heavy atom. The molecule has 0 spiro atoms. The molecule has 1 aliphatic rings. The van der Waals surface area contributed by atoms with Crippen LogP contribution in [0.2, 0.25) is 0 Å². The van der Waals surface area contributed by atoms with Crippen molar-refractivity contribution in [2.45, 2.75) is 45.3 Å². The van der Waals surface area contributed by atoms with Crippen LogP contribution in [0.1, 0.15) is 33.6 Å². The number of rotatable bonds is 4. The molecule has 0 saturated carbocycles. The molecule has 0 aliphatic carbocycles. The highest BCUT2D eigenvalue weighted by Crippen LogP contribution is 2.38. The van der Waals surface area contributed by atoms with E-state index in [1.165, 1.54) is 0 Å². The third-order valence-electron chi connectivity index (χ3n) is 4.87. The molecule has 0 radical (unpaired) electrons. The molecule has 2 aromatic carbocycles. The van der Waals surface area contributed by atoms with Gasteiger partial charge in [-0.15, -0.1) is 0 Å². The molecule has 1 N–H and O–H groups in total. The Kier molecular flexibility index (Phi) is 4.95. The van der Waals surface area contributed by atoms with E-state index in [9.17, 15) is 19.5 Å². The van der Waals surface area contributed by atoms with E-state index < -0.39 is 28.5 Å². The standard InChI is InChI=1S/C21H26N2O5/c1-21(2,3)28-20(27)14-7-6-10-23(14)17-16(18(25)19(17)26)13-9-8-12(22(4)5)11-15(13)24/h8-9,11,14,24H,6-7,10H2,1-5H3. The van der Waals surface area contributed by atoms with Crippen LogP contribution in [-0.4, -0.2) is 43.4 Å². The molecular formula is C21H26N2O5. The molecule has 1 unspecified atom stereocenters. The number of benzene rings is 1. The predicted molar refractivity (Wildman–Crippen MR) is 109 cm³/mol. The van der Waals surface area contributed by atoms with Crippen LogP contribution < -0.4 is 20.7 Å². The van der Waals surface area contributed by atoms with E-state index in [-0.39, 0.29) is 17.0 Å². The van der Waals surface area contributed by atoms with Crippen molar-refractivity contribution >= 4 is 17.3 Å². The quantitative estimate of drug-likeness (QED) is 0.635. The van der Waals surface area contributed by atoms with Crippen LogP contribution in [0.4, 0.5) is 11.4 Å². The molecule has 3 rings (SSSR count). The van der Waals surface area contributed by atoms with Gasteiger partial charge in [0.2, 0.25) is 10.9 Å². The number of nitrogens with zero attached hydrogens (tertiary/aromatic N) is 2. The number of esters is 1. The zero-order valence-electron chi connectivity index (χ0n) is 16.9. The van der Waals surface area contributed by atoms with Crippen molar-refractivity contribution in [3.05, 3.63) is 38.6 Å². The van der Waals surface area contributed by atoms with Gasteiger partial charge in [-0.1, -0.05) is 0 Å². The zero-order valence-corrected chi connectivity index (χ0v) is 16.9. The van der Waals surface area contributed by atoms with Crippen LogP contribution in [0.5, 0.6) is 5.75 Å². The minimum atomic E-state index is -0.641. The lowest BCUT2D eigenvalue weighted by Crippen LogP contribution is -2.47. The van der Waals surface area contributed by atoms with Crippen LogP contribution in [0.3, 0.4) is 0 Å². The van der Waals surface area contributed by atoms with E-state index in [2.05, 4.69) is 0 Å². The normalized spacial score (nSPS) is 17.2. The number of hydrogen-bond acceptors (Lipinski definition) is 7. The van der Waals surface area contributed by atoms with Crippen LogP contribution in [-0.2, 0) is 9.53 Å². The van der Waals surface area contributed by atoms with Gasteiger partial charge in [0.1, 0.15) is 23.1 Å². The fourth-order valence-electron chi connectivity index (χ4n) is 3.56. The van der Waals surface area contributed by atoms with Gasteiger partial charge in [-0.2, -0.15) is 0 Å². The zero-order chi connectivity index (χ0) is 20.8. The van der Waals surface area contributed by atoms with Gasteiger partial charge in [-0.3, -0.25) is 9.59 Å². The maximum atomic E-state index is 12.6. The Morgan fingerprint density at radius 1 is 1.21 bits per heavy atom. The number of ether oxygens (including phenoxy) is 1. The molecule has 2 aromatic rings. The Labute approximate surface area is 163 Å². The highest BCUT2D eigenvalue weighted by atomic mass is 16.6. The second-order valence-electron chi connectivity index (χ2n) is 8.36. The van der Waals surface area contributed by atoms with Crippen LogP contribution in [0, 0.1) is 0 Å². The number of carbonyl (C=O) groups is 1. The molecule has 1 aliphatic heterocycles. The second kappa shape index (κ2) is 6.96. The molecule has 1 fully saturated rings. The van der Waals surface area contributed by atoms with Gasteiger partial charge in [-0.25, -0.2) is 4.79 Å². The van der Waals surface area contributed by atoms with Crippen molar-refractivity contribution in [1.29, 1.82) is 0 Å². The summed E-state index contributed by atoms with van der Waals surface area (Å²) in [7, 11) is 3.68. The summed E-state index contributed by atoms with van der Waals surface area (Å²) in [6.07, 6.45) is 1.27.